The minimum atomic E-state index is -0.0411. The van der Waals surface area contributed by atoms with Crippen LogP contribution in [0.2, 0.25) is 0 Å². The van der Waals surface area contributed by atoms with E-state index in [4.69, 9.17) is 0 Å². The van der Waals surface area contributed by atoms with Crippen LogP contribution < -0.4 is 5.32 Å². The van der Waals surface area contributed by atoms with Crippen molar-refractivity contribution in [1.82, 2.24) is 20.1 Å². The number of nitrogens with zero attached hydrogens (tertiary/aromatic N) is 3. The smallest absolute Gasteiger partial charge is 0.251 e. The average molecular weight is 344 g/mol. The largest absolute Gasteiger partial charge is 0.348 e. The highest BCUT2D eigenvalue weighted by Gasteiger charge is 2.30. The first-order chi connectivity index (χ1) is 11.6. The minimum Gasteiger partial charge on any atom is -0.348 e. The highest BCUT2D eigenvalue weighted by Crippen LogP contribution is 2.29. The molecule has 24 heavy (non-hydrogen) atoms. The van der Waals surface area contributed by atoms with Crippen molar-refractivity contribution in [2.24, 2.45) is 0 Å². The van der Waals surface area contributed by atoms with Gasteiger partial charge >= 0.3 is 0 Å². The molecule has 0 aliphatic carbocycles. The van der Waals surface area contributed by atoms with Crippen molar-refractivity contribution in [3.8, 4) is 0 Å². The molecule has 1 saturated heterocycles. The minimum absolute atomic E-state index is 0.0349. The lowest BCUT2D eigenvalue weighted by atomic mass is 10.0. The Morgan fingerprint density at radius 1 is 1.21 bits per heavy atom. The lowest BCUT2D eigenvalue weighted by Gasteiger charge is -2.40. The summed E-state index contributed by atoms with van der Waals surface area (Å²) in [6, 6.07) is 8.00. The summed E-state index contributed by atoms with van der Waals surface area (Å²) in [5.74, 6) is -0.0411. The fraction of sp³-hybridized carbons (Fsp3) is 0.444. The zero-order valence-corrected chi connectivity index (χ0v) is 15.0. The van der Waals surface area contributed by atoms with E-state index in [2.05, 4.69) is 51.6 Å². The summed E-state index contributed by atoms with van der Waals surface area (Å²) in [4.78, 5) is 22.6. The quantitative estimate of drug-likeness (QED) is 0.904. The Labute approximate surface area is 147 Å². The van der Waals surface area contributed by atoms with Gasteiger partial charge in [-0.1, -0.05) is 6.07 Å². The molecular formula is C18H24N4OS. The number of nitrogens with one attached hydrogen (secondary N) is 1. The summed E-state index contributed by atoms with van der Waals surface area (Å²) in [5.41, 5.74) is 0.653. The lowest BCUT2D eigenvalue weighted by molar-refractivity contribution is 0.0799. The van der Waals surface area contributed by atoms with E-state index in [1.807, 2.05) is 0 Å². The van der Waals surface area contributed by atoms with Gasteiger partial charge in [0.1, 0.15) is 0 Å². The molecule has 6 heteroatoms. The van der Waals surface area contributed by atoms with Gasteiger partial charge in [0.25, 0.3) is 5.91 Å². The topological polar surface area (TPSA) is 48.5 Å². The standard InChI is InChI=1S/C18H24N4OS/c1-14(20-18(23)15-5-7-19-8-6-15)17(16-4-3-13-24-16)22-11-9-21(2)10-12-22/h3-8,13-14,17H,9-12H2,1-2H3,(H,20,23)/t14-,17+/m0/s1. The van der Waals surface area contributed by atoms with Crippen LogP contribution in [0, 0.1) is 0 Å². The van der Waals surface area contributed by atoms with Crippen LogP contribution in [0.15, 0.2) is 42.0 Å². The second-order valence-corrected chi connectivity index (χ2v) is 7.28. The number of amides is 1. The number of carbonyl (C=O) groups excluding carboxylic acids is 1. The molecule has 2 atom stereocenters. The molecule has 1 aliphatic heterocycles. The van der Waals surface area contributed by atoms with Gasteiger partial charge < -0.3 is 10.2 Å². The summed E-state index contributed by atoms with van der Waals surface area (Å²) in [5, 5.41) is 5.28. The van der Waals surface area contributed by atoms with Crippen LogP contribution in [-0.2, 0) is 0 Å². The van der Waals surface area contributed by atoms with Crippen molar-refractivity contribution < 1.29 is 4.79 Å². The molecule has 1 fully saturated rings. The van der Waals surface area contributed by atoms with Crippen molar-refractivity contribution in [2.75, 3.05) is 33.2 Å². The summed E-state index contributed by atoms with van der Waals surface area (Å²) < 4.78 is 0. The second-order valence-electron chi connectivity index (χ2n) is 6.30. The number of aromatic nitrogens is 1. The monoisotopic (exact) mass is 344 g/mol. The lowest BCUT2D eigenvalue weighted by Crippen LogP contribution is -2.51. The Hall–Kier alpha value is -1.76. The van der Waals surface area contributed by atoms with E-state index >= 15 is 0 Å². The Balaban J connectivity index is 1.74. The molecule has 0 aromatic carbocycles. The number of piperazine rings is 1. The average Bonchev–Trinajstić information content (AvgIpc) is 3.11. The third-order valence-electron chi connectivity index (χ3n) is 4.54. The van der Waals surface area contributed by atoms with Gasteiger partial charge in [0.15, 0.2) is 0 Å². The number of carbonyl (C=O) groups is 1. The number of rotatable bonds is 5. The SMILES string of the molecule is C[C@H](NC(=O)c1ccncc1)[C@H](c1cccs1)N1CCN(C)CC1. The fourth-order valence-corrected chi connectivity index (χ4v) is 4.14. The predicted octanol–water partition coefficient (Wildman–Crippen LogP) is 2.25. The summed E-state index contributed by atoms with van der Waals surface area (Å²) in [6.07, 6.45) is 3.30. The van der Waals surface area contributed by atoms with E-state index in [0.29, 0.717) is 5.56 Å². The second kappa shape index (κ2) is 7.88. The first-order valence-corrected chi connectivity index (χ1v) is 9.20. The van der Waals surface area contributed by atoms with E-state index in [1.54, 1.807) is 35.9 Å². The highest BCUT2D eigenvalue weighted by molar-refractivity contribution is 7.10. The van der Waals surface area contributed by atoms with Crippen LogP contribution in [0.1, 0.15) is 28.2 Å². The first kappa shape index (κ1) is 17.1. The maximum absolute atomic E-state index is 12.5. The van der Waals surface area contributed by atoms with Gasteiger partial charge in [-0.3, -0.25) is 14.7 Å². The van der Waals surface area contributed by atoms with Gasteiger partial charge in [-0.25, -0.2) is 0 Å². The zero-order valence-electron chi connectivity index (χ0n) is 14.2. The van der Waals surface area contributed by atoms with Crippen LogP contribution in [-0.4, -0.2) is 60.0 Å². The van der Waals surface area contributed by atoms with Gasteiger partial charge in [0.05, 0.1) is 6.04 Å². The van der Waals surface area contributed by atoms with E-state index in [1.165, 1.54) is 4.88 Å². The number of thiophene rings is 1. The van der Waals surface area contributed by atoms with Gasteiger partial charge in [-0.2, -0.15) is 0 Å². The third kappa shape index (κ3) is 4.01. The van der Waals surface area contributed by atoms with Gasteiger partial charge in [-0.15, -0.1) is 11.3 Å². The Bertz CT molecular complexity index is 638. The van der Waals surface area contributed by atoms with Crippen molar-refractivity contribution >= 4 is 17.2 Å². The molecule has 0 spiro atoms. The third-order valence-corrected chi connectivity index (χ3v) is 5.48. The summed E-state index contributed by atoms with van der Waals surface area (Å²) >= 11 is 1.76. The number of pyridine rings is 1. The maximum Gasteiger partial charge on any atom is 0.251 e. The molecule has 1 amide bonds. The van der Waals surface area contributed by atoms with Crippen LogP contribution in [0.3, 0.4) is 0 Å². The van der Waals surface area contributed by atoms with Crippen LogP contribution >= 0.6 is 11.3 Å². The normalized spacial score (nSPS) is 18.9. The fourth-order valence-electron chi connectivity index (χ4n) is 3.17. The highest BCUT2D eigenvalue weighted by atomic mass is 32.1. The molecule has 128 valence electrons. The van der Waals surface area contributed by atoms with Crippen molar-refractivity contribution in [3.63, 3.8) is 0 Å². The molecule has 1 aliphatic rings. The van der Waals surface area contributed by atoms with E-state index < -0.39 is 0 Å². The molecule has 3 rings (SSSR count). The first-order valence-electron chi connectivity index (χ1n) is 8.32. The van der Waals surface area contributed by atoms with E-state index in [9.17, 15) is 4.79 Å². The van der Waals surface area contributed by atoms with Gasteiger partial charge in [0.2, 0.25) is 0 Å². The molecule has 5 nitrogen and oxygen atoms in total. The molecular weight excluding hydrogens is 320 g/mol. The predicted molar refractivity (Wildman–Crippen MR) is 97.3 cm³/mol. The molecule has 0 unspecified atom stereocenters. The van der Waals surface area contributed by atoms with Crippen molar-refractivity contribution in [2.45, 2.75) is 19.0 Å². The number of hydrogen-bond donors (Lipinski definition) is 1. The van der Waals surface area contributed by atoms with Crippen LogP contribution in [0.5, 0.6) is 0 Å². The molecule has 1 N–H and O–H groups in total. The maximum atomic E-state index is 12.5. The van der Waals surface area contributed by atoms with Crippen molar-refractivity contribution in [1.29, 1.82) is 0 Å². The molecule has 2 aromatic heterocycles. The van der Waals surface area contributed by atoms with E-state index in [0.717, 1.165) is 26.2 Å². The summed E-state index contributed by atoms with van der Waals surface area (Å²) in [7, 11) is 2.16. The Kier molecular flexibility index (Phi) is 5.60. The molecule has 0 bridgehead atoms. The number of hydrogen-bond acceptors (Lipinski definition) is 5. The van der Waals surface area contributed by atoms with Gasteiger partial charge in [0, 0.05) is 55.1 Å². The molecule has 0 saturated carbocycles. The van der Waals surface area contributed by atoms with E-state index in [-0.39, 0.29) is 18.0 Å². The zero-order chi connectivity index (χ0) is 16.9. The van der Waals surface area contributed by atoms with Crippen LogP contribution in [0.4, 0.5) is 0 Å². The van der Waals surface area contributed by atoms with Crippen LogP contribution in [0.25, 0.3) is 0 Å². The molecule has 2 aromatic rings. The summed E-state index contributed by atoms with van der Waals surface area (Å²) in [6.45, 7) is 6.27. The Morgan fingerprint density at radius 2 is 1.92 bits per heavy atom. The van der Waals surface area contributed by atoms with Crippen molar-refractivity contribution in [3.05, 3.63) is 52.5 Å². The number of likely N-dealkylation sites (N-methyl/N-ethyl adjacent to an activating group) is 1. The molecule has 0 radical (unpaired) electrons. The molecule has 3 heterocycles. The van der Waals surface area contributed by atoms with Gasteiger partial charge in [-0.05, 0) is 37.6 Å². The Morgan fingerprint density at radius 3 is 2.54 bits per heavy atom.